The Morgan fingerprint density at radius 2 is 2.13 bits per heavy atom. The van der Waals surface area contributed by atoms with Gasteiger partial charge < -0.3 is 19.7 Å². The molecule has 9 nitrogen and oxygen atoms in total. The Hall–Kier alpha value is -3.62. The molecule has 2 unspecified atom stereocenters. The van der Waals surface area contributed by atoms with Gasteiger partial charge >= 0.3 is 5.97 Å². The molecule has 2 atom stereocenters. The first-order valence-corrected chi connectivity index (χ1v) is 10.5. The van der Waals surface area contributed by atoms with E-state index in [2.05, 4.69) is 25.5 Å². The largest absolute Gasteiger partial charge is 0.480 e. The van der Waals surface area contributed by atoms with Crippen LogP contribution in [0.5, 0.6) is 0 Å². The fourth-order valence-electron chi connectivity index (χ4n) is 4.61. The fraction of sp³-hybridized carbons (Fsp3) is 0.364. The number of nitrogens with one attached hydrogen (secondary N) is 2. The molecule has 4 heterocycles. The van der Waals surface area contributed by atoms with E-state index in [0.29, 0.717) is 47.2 Å². The van der Waals surface area contributed by atoms with Crippen LogP contribution in [0.3, 0.4) is 0 Å². The van der Waals surface area contributed by atoms with Crippen molar-refractivity contribution in [1.82, 2.24) is 20.2 Å². The summed E-state index contributed by atoms with van der Waals surface area (Å²) in [4.78, 5) is 23.2. The summed E-state index contributed by atoms with van der Waals surface area (Å²) in [5, 5.41) is 21.6. The number of aromatic nitrogens is 4. The van der Waals surface area contributed by atoms with Crippen molar-refractivity contribution in [1.29, 1.82) is 0 Å². The van der Waals surface area contributed by atoms with E-state index in [1.54, 1.807) is 0 Å². The van der Waals surface area contributed by atoms with Crippen LogP contribution in [0.1, 0.15) is 36.6 Å². The Morgan fingerprint density at radius 1 is 1.29 bits per heavy atom. The molecule has 1 saturated carbocycles. The van der Waals surface area contributed by atoms with Crippen LogP contribution >= 0.6 is 0 Å². The minimum atomic E-state index is -0.878. The van der Waals surface area contributed by atoms with Crippen LogP contribution in [0.2, 0.25) is 0 Å². The molecular formula is C22H22N6O3. The summed E-state index contributed by atoms with van der Waals surface area (Å²) in [5.74, 6) is 1.68. The standard InChI is InChI=1S/C22H22N6O3/c1-11-24-18-14-4-2-3-5-17(14)31-19(18)21(25-11)28-10-13(8-16(28)22(29)30)26-20-15(9-23-27-20)12-6-7-12/h2-5,9,12-13,16H,6-8,10H2,1H3,(H,29,30)(H2,23,26,27). The minimum absolute atomic E-state index is 0.0613. The lowest BCUT2D eigenvalue weighted by molar-refractivity contribution is -0.138. The van der Waals surface area contributed by atoms with Crippen molar-refractivity contribution in [2.45, 2.75) is 44.2 Å². The Kier molecular flexibility index (Phi) is 3.92. The highest BCUT2D eigenvalue weighted by Gasteiger charge is 2.40. The Labute approximate surface area is 177 Å². The van der Waals surface area contributed by atoms with Gasteiger partial charge in [0.25, 0.3) is 0 Å². The van der Waals surface area contributed by atoms with Gasteiger partial charge in [-0.1, -0.05) is 12.1 Å². The topological polar surface area (TPSA) is 120 Å². The summed E-state index contributed by atoms with van der Waals surface area (Å²) >= 11 is 0. The smallest absolute Gasteiger partial charge is 0.326 e. The lowest BCUT2D eigenvalue weighted by Crippen LogP contribution is -2.37. The molecule has 3 aromatic heterocycles. The molecule has 2 aliphatic rings. The molecule has 0 amide bonds. The number of fused-ring (bicyclic) bond motifs is 3. The molecule has 3 N–H and O–H groups in total. The molecule has 4 aromatic rings. The molecule has 9 heteroatoms. The maximum absolute atomic E-state index is 12.1. The van der Waals surface area contributed by atoms with Crippen molar-refractivity contribution in [3.8, 4) is 0 Å². The van der Waals surface area contributed by atoms with Gasteiger partial charge in [-0.3, -0.25) is 5.10 Å². The Bertz CT molecular complexity index is 1310. The molecule has 158 valence electrons. The lowest BCUT2D eigenvalue weighted by Gasteiger charge is -2.22. The third-order valence-corrected chi connectivity index (χ3v) is 6.21. The van der Waals surface area contributed by atoms with Crippen molar-refractivity contribution in [2.75, 3.05) is 16.8 Å². The van der Waals surface area contributed by atoms with Gasteiger partial charge in [0.15, 0.2) is 11.4 Å². The second-order valence-electron chi connectivity index (χ2n) is 8.43. The quantitative estimate of drug-likeness (QED) is 0.451. The minimum Gasteiger partial charge on any atom is -0.480 e. The zero-order valence-electron chi connectivity index (χ0n) is 17.0. The van der Waals surface area contributed by atoms with Crippen LogP contribution < -0.4 is 10.2 Å². The highest BCUT2D eigenvalue weighted by molar-refractivity contribution is 6.06. The molecule has 6 rings (SSSR count). The van der Waals surface area contributed by atoms with E-state index in [0.717, 1.165) is 11.2 Å². The van der Waals surface area contributed by atoms with Gasteiger partial charge in [-0.05, 0) is 37.8 Å². The zero-order valence-corrected chi connectivity index (χ0v) is 17.0. The summed E-state index contributed by atoms with van der Waals surface area (Å²) in [6.07, 6.45) is 4.66. The first kappa shape index (κ1) is 18.2. The molecule has 31 heavy (non-hydrogen) atoms. The van der Waals surface area contributed by atoms with E-state index in [1.807, 2.05) is 42.3 Å². The molecule has 1 aromatic carbocycles. The number of anilines is 2. The fourth-order valence-corrected chi connectivity index (χ4v) is 4.61. The second kappa shape index (κ2) is 6.69. The zero-order chi connectivity index (χ0) is 21.1. The molecule has 0 bridgehead atoms. The number of aryl methyl sites for hydroxylation is 1. The maximum Gasteiger partial charge on any atom is 0.326 e. The molecule has 0 spiro atoms. The summed E-state index contributed by atoms with van der Waals surface area (Å²) in [7, 11) is 0. The average Bonchev–Trinajstić information content (AvgIpc) is 3.18. The van der Waals surface area contributed by atoms with Crippen molar-refractivity contribution in [2.24, 2.45) is 0 Å². The van der Waals surface area contributed by atoms with Crippen LogP contribution in [0.4, 0.5) is 11.6 Å². The molecule has 0 radical (unpaired) electrons. The van der Waals surface area contributed by atoms with E-state index in [-0.39, 0.29) is 6.04 Å². The lowest BCUT2D eigenvalue weighted by atomic mass is 10.1. The predicted octanol–water partition coefficient (Wildman–Crippen LogP) is 3.43. The predicted molar refractivity (Wildman–Crippen MR) is 115 cm³/mol. The van der Waals surface area contributed by atoms with Gasteiger partial charge in [0.2, 0.25) is 0 Å². The van der Waals surface area contributed by atoms with Gasteiger partial charge in [0, 0.05) is 30.0 Å². The third kappa shape index (κ3) is 2.99. The number of carbonyl (C=O) groups is 1. The van der Waals surface area contributed by atoms with E-state index >= 15 is 0 Å². The van der Waals surface area contributed by atoms with Gasteiger partial charge in [0.05, 0.1) is 6.20 Å². The number of carboxylic acid groups (broad SMARTS) is 1. The summed E-state index contributed by atoms with van der Waals surface area (Å²) < 4.78 is 6.08. The van der Waals surface area contributed by atoms with Crippen LogP contribution in [0, 0.1) is 6.92 Å². The van der Waals surface area contributed by atoms with Crippen LogP contribution in [0.15, 0.2) is 34.9 Å². The van der Waals surface area contributed by atoms with Crippen LogP contribution in [-0.4, -0.2) is 49.9 Å². The second-order valence-corrected chi connectivity index (χ2v) is 8.43. The van der Waals surface area contributed by atoms with E-state index in [9.17, 15) is 9.90 Å². The highest BCUT2D eigenvalue weighted by Crippen LogP contribution is 2.43. The number of hydrogen-bond acceptors (Lipinski definition) is 7. The van der Waals surface area contributed by atoms with Crippen molar-refractivity contribution < 1.29 is 14.3 Å². The van der Waals surface area contributed by atoms with Crippen molar-refractivity contribution in [3.05, 3.63) is 41.9 Å². The number of rotatable bonds is 5. The number of benzene rings is 1. The van der Waals surface area contributed by atoms with Crippen LogP contribution in [0.25, 0.3) is 22.1 Å². The van der Waals surface area contributed by atoms with Gasteiger partial charge in [-0.25, -0.2) is 14.8 Å². The van der Waals surface area contributed by atoms with Gasteiger partial charge in [0.1, 0.15) is 28.8 Å². The maximum atomic E-state index is 12.1. The summed E-state index contributed by atoms with van der Waals surface area (Å²) in [5.41, 5.74) is 3.14. The number of para-hydroxylation sites is 1. The number of nitrogens with zero attached hydrogens (tertiary/aromatic N) is 4. The Balaban J connectivity index is 1.39. The number of furan rings is 1. The molecule has 1 saturated heterocycles. The van der Waals surface area contributed by atoms with Gasteiger partial charge in [-0.2, -0.15) is 5.10 Å². The average molecular weight is 418 g/mol. The summed E-state index contributed by atoms with van der Waals surface area (Å²) in [6, 6.07) is 6.91. The molecule has 2 fully saturated rings. The highest BCUT2D eigenvalue weighted by atomic mass is 16.4. The van der Waals surface area contributed by atoms with Gasteiger partial charge in [-0.15, -0.1) is 0 Å². The molecule has 1 aliphatic carbocycles. The van der Waals surface area contributed by atoms with Crippen LogP contribution in [-0.2, 0) is 4.79 Å². The number of H-pyrrole nitrogens is 1. The normalized spacial score (nSPS) is 21.3. The summed E-state index contributed by atoms with van der Waals surface area (Å²) in [6.45, 7) is 2.31. The third-order valence-electron chi connectivity index (χ3n) is 6.21. The monoisotopic (exact) mass is 418 g/mol. The number of aromatic amines is 1. The van der Waals surface area contributed by atoms with Crippen molar-refractivity contribution >= 4 is 39.7 Å². The first-order chi connectivity index (χ1) is 15.1. The number of hydrogen-bond donors (Lipinski definition) is 3. The van der Waals surface area contributed by atoms with E-state index in [1.165, 1.54) is 18.4 Å². The number of carboxylic acids is 1. The SMILES string of the molecule is Cc1nc(N2CC(Nc3[nH]ncc3C3CC3)CC2C(=O)O)c2oc3ccccc3c2n1. The molecular weight excluding hydrogens is 396 g/mol. The van der Waals surface area contributed by atoms with E-state index in [4.69, 9.17) is 4.42 Å². The van der Waals surface area contributed by atoms with Crippen molar-refractivity contribution in [3.63, 3.8) is 0 Å². The number of aliphatic carboxylic acids is 1. The van der Waals surface area contributed by atoms with E-state index < -0.39 is 12.0 Å². The first-order valence-electron chi connectivity index (χ1n) is 10.5. The Morgan fingerprint density at radius 3 is 2.94 bits per heavy atom. The molecule has 1 aliphatic heterocycles.